The van der Waals surface area contributed by atoms with Gasteiger partial charge in [0.2, 0.25) is 0 Å². The van der Waals surface area contributed by atoms with Crippen LogP contribution in [0.5, 0.6) is 0 Å². The van der Waals surface area contributed by atoms with Crippen molar-refractivity contribution >= 4 is 6.08 Å². The van der Waals surface area contributed by atoms with Crippen LogP contribution in [0.3, 0.4) is 0 Å². The molecule has 2 aromatic carbocycles. The van der Waals surface area contributed by atoms with Gasteiger partial charge in [0, 0.05) is 6.61 Å². The monoisotopic (exact) mass is 320 g/mol. The van der Waals surface area contributed by atoms with Gasteiger partial charge in [0.1, 0.15) is 0 Å². The Morgan fingerprint density at radius 1 is 0.875 bits per heavy atom. The van der Waals surface area contributed by atoms with E-state index in [1.807, 2.05) is 13.0 Å². The Morgan fingerprint density at radius 2 is 1.38 bits per heavy atom. The van der Waals surface area contributed by atoms with Gasteiger partial charge in [0.05, 0.1) is 6.61 Å². The van der Waals surface area contributed by atoms with Crippen molar-refractivity contribution in [3.05, 3.63) is 77.4 Å². The second-order valence-corrected chi connectivity index (χ2v) is 6.80. The average molecular weight is 320 g/mol. The Bertz CT molecular complexity index is 631. The van der Waals surface area contributed by atoms with Crippen LogP contribution in [-0.2, 0) is 11.3 Å². The number of benzene rings is 2. The highest BCUT2D eigenvalue weighted by Gasteiger charge is 2.23. The molecule has 0 heterocycles. The summed E-state index contributed by atoms with van der Waals surface area (Å²) in [5.74, 6) is 1.44. The molecule has 24 heavy (non-hydrogen) atoms. The highest BCUT2D eigenvalue weighted by molar-refractivity contribution is 5.47. The maximum absolute atomic E-state index is 5.48. The van der Waals surface area contributed by atoms with E-state index in [1.54, 1.807) is 0 Å². The molecule has 0 aliphatic heterocycles. The molecule has 1 saturated carbocycles. The highest BCUT2D eigenvalue weighted by atomic mass is 16.5. The fourth-order valence-electron chi connectivity index (χ4n) is 3.77. The van der Waals surface area contributed by atoms with Crippen molar-refractivity contribution < 1.29 is 4.74 Å². The third-order valence-corrected chi connectivity index (χ3v) is 5.29. The summed E-state index contributed by atoms with van der Waals surface area (Å²) in [4.78, 5) is 0. The van der Waals surface area contributed by atoms with Gasteiger partial charge in [-0.2, -0.15) is 0 Å². The number of hydrogen-bond donors (Lipinski definition) is 0. The van der Waals surface area contributed by atoms with E-state index in [9.17, 15) is 0 Å². The maximum Gasteiger partial charge on any atom is 0.0716 e. The van der Waals surface area contributed by atoms with Crippen LogP contribution in [0.25, 0.3) is 6.08 Å². The topological polar surface area (TPSA) is 9.23 Å². The van der Waals surface area contributed by atoms with Crippen molar-refractivity contribution in [3.63, 3.8) is 0 Å². The SMILES string of the molecule is C=Cc1ccc([C@H]2CC[C@H](c3ccc(COCC)cc3)CC2)cc1. The maximum atomic E-state index is 5.48. The van der Waals surface area contributed by atoms with Crippen molar-refractivity contribution in [2.75, 3.05) is 6.61 Å². The Kier molecular flexibility index (Phi) is 5.87. The van der Waals surface area contributed by atoms with E-state index in [0.717, 1.165) is 25.0 Å². The molecular formula is C23H28O. The van der Waals surface area contributed by atoms with Gasteiger partial charge in [-0.25, -0.2) is 0 Å². The molecule has 1 aliphatic carbocycles. The van der Waals surface area contributed by atoms with Crippen LogP contribution in [0.4, 0.5) is 0 Å². The second kappa shape index (κ2) is 8.30. The van der Waals surface area contributed by atoms with Crippen molar-refractivity contribution in [3.8, 4) is 0 Å². The van der Waals surface area contributed by atoms with Gasteiger partial charge >= 0.3 is 0 Å². The first-order chi connectivity index (χ1) is 11.8. The van der Waals surface area contributed by atoms with Crippen LogP contribution in [0.2, 0.25) is 0 Å². The van der Waals surface area contributed by atoms with Crippen molar-refractivity contribution in [2.45, 2.75) is 51.0 Å². The van der Waals surface area contributed by atoms with Gasteiger partial charge in [-0.1, -0.05) is 61.2 Å². The predicted molar refractivity (Wildman–Crippen MR) is 102 cm³/mol. The fourth-order valence-corrected chi connectivity index (χ4v) is 3.77. The molecule has 0 spiro atoms. The van der Waals surface area contributed by atoms with Crippen molar-refractivity contribution in [2.24, 2.45) is 0 Å². The summed E-state index contributed by atoms with van der Waals surface area (Å²) in [5.41, 5.74) is 5.47. The Morgan fingerprint density at radius 3 is 1.83 bits per heavy atom. The normalized spacial score (nSPS) is 20.7. The summed E-state index contributed by atoms with van der Waals surface area (Å²) in [6.07, 6.45) is 7.07. The molecule has 0 unspecified atom stereocenters. The molecule has 0 N–H and O–H groups in total. The number of rotatable bonds is 6. The molecule has 2 aromatic rings. The van der Waals surface area contributed by atoms with E-state index < -0.39 is 0 Å². The quantitative estimate of drug-likeness (QED) is 0.606. The van der Waals surface area contributed by atoms with Crippen LogP contribution in [0, 0.1) is 0 Å². The number of hydrogen-bond acceptors (Lipinski definition) is 1. The smallest absolute Gasteiger partial charge is 0.0716 e. The van der Waals surface area contributed by atoms with Crippen LogP contribution in [-0.4, -0.2) is 6.61 Å². The molecule has 3 rings (SSSR count). The van der Waals surface area contributed by atoms with E-state index >= 15 is 0 Å². The summed E-state index contributed by atoms with van der Waals surface area (Å²) >= 11 is 0. The highest BCUT2D eigenvalue weighted by Crippen LogP contribution is 2.40. The molecule has 1 nitrogen and oxygen atoms in total. The zero-order valence-corrected chi connectivity index (χ0v) is 14.7. The van der Waals surface area contributed by atoms with Gasteiger partial charge in [-0.15, -0.1) is 0 Å². The van der Waals surface area contributed by atoms with Crippen LogP contribution in [0.15, 0.2) is 55.1 Å². The molecule has 0 bridgehead atoms. The van der Waals surface area contributed by atoms with Gasteiger partial charge in [-0.05, 0) is 66.7 Å². The molecule has 0 atom stereocenters. The van der Waals surface area contributed by atoms with E-state index in [4.69, 9.17) is 4.74 Å². The summed E-state index contributed by atoms with van der Waals surface area (Å²) in [7, 11) is 0. The Balaban J connectivity index is 1.57. The minimum Gasteiger partial charge on any atom is -0.377 e. The summed E-state index contributed by atoms with van der Waals surface area (Å²) in [6, 6.07) is 18.0. The summed E-state index contributed by atoms with van der Waals surface area (Å²) < 4.78 is 5.48. The lowest BCUT2D eigenvalue weighted by Crippen LogP contribution is -2.12. The standard InChI is InChI=1S/C23H28O/c1-3-18-5-9-20(10-6-18)22-13-15-23(16-14-22)21-11-7-19(8-12-21)17-24-4-2/h3,5-12,22-23H,1,4,13-17H2,2H3/t22-,23-. The number of ether oxygens (including phenoxy) is 1. The molecule has 126 valence electrons. The first kappa shape index (κ1) is 17.0. The first-order valence-corrected chi connectivity index (χ1v) is 9.19. The van der Waals surface area contributed by atoms with E-state index in [1.165, 1.54) is 47.9 Å². The zero-order chi connectivity index (χ0) is 16.8. The Hall–Kier alpha value is -1.86. The molecule has 0 aromatic heterocycles. The van der Waals surface area contributed by atoms with Crippen LogP contribution >= 0.6 is 0 Å². The van der Waals surface area contributed by atoms with E-state index in [-0.39, 0.29) is 0 Å². The molecule has 0 amide bonds. The van der Waals surface area contributed by atoms with Crippen LogP contribution < -0.4 is 0 Å². The lowest BCUT2D eigenvalue weighted by Gasteiger charge is -2.29. The molecule has 1 heteroatoms. The molecule has 1 aliphatic rings. The lowest BCUT2D eigenvalue weighted by atomic mass is 9.76. The molecule has 0 saturated heterocycles. The van der Waals surface area contributed by atoms with Gasteiger partial charge in [0.25, 0.3) is 0 Å². The molecule has 1 fully saturated rings. The minimum absolute atomic E-state index is 0.717. The largest absolute Gasteiger partial charge is 0.377 e. The summed E-state index contributed by atoms with van der Waals surface area (Å²) in [5, 5.41) is 0. The second-order valence-electron chi connectivity index (χ2n) is 6.80. The van der Waals surface area contributed by atoms with Gasteiger partial charge in [0.15, 0.2) is 0 Å². The third kappa shape index (κ3) is 4.15. The Labute approximate surface area is 146 Å². The van der Waals surface area contributed by atoms with E-state index in [2.05, 4.69) is 55.1 Å². The predicted octanol–water partition coefficient (Wildman–Crippen LogP) is 6.31. The minimum atomic E-state index is 0.717. The fraction of sp³-hybridized carbons (Fsp3) is 0.391. The summed E-state index contributed by atoms with van der Waals surface area (Å²) in [6.45, 7) is 7.37. The zero-order valence-electron chi connectivity index (χ0n) is 14.7. The molecular weight excluding hydrogens is 292 g/mol. The molecule has 0 radical (unpaired) electrons. The lowest BCUT2D eigenvalue weighted by molar-refractivity contribution is 0.134. The van der Waals surface area contributed by atoms with Gasteiger partial charge in [-0.3, -0.25) is 0 Å². The van der Waals surface area contributed by atoms with Crippen molar-refractivity contribution in [1.82, 2.24) is 0 Å². The third-order valence-electron chi connectivity index (χ3n) is 5.29. The van der Waals surface area contributed by atoms with Crippen molar-refractivity contribution in [1.29, 1.82) is 0 Å². The first-order valence-electron chi connectivity index (χ1n) is 9.19. The average Bonchev–Trinajstić information content (AvgIpc) is 2.67. The van der Waals surface area contributed by atoms with Crippen LogP contribution in [0.1, 0.15) is 66.7 Å². The van der Waals surface area contributed by atoms with E-state index in [0.29, 0.717) is 0 Å². The van der Waals surface area contributed by atoms with Gasteiger partial charge < -0.3 is 4.74 Å².